The second kappa shape index (κ2) is 15.3. The van der Waals surface area contributed by atoms with E-state index in [0.29, 0.717) is 30.9 Å². The zero-order valence-electron chi connectivity index (χ0n) is 20.9. The number of ether oxygens (including phenoxy) is 1. The molecule has 34 heavy (non-hydrogen) atoms. The lowest BCUT2D eigenvalue weighted by molar-refractivity contribution is -0.122. The Balaban J connectivity index is 1.89. The number of carbonyl (C=O) groups is 3. The Kier molecular flexibility index (Phi) is 12.5. The van der Waals surface area contributed by atoms with E-state index in [1.54, 1.807) is 31.4 Å². The van der Waals surface area contributed by atoms with Crippen LogP contribution in [0, 0.1) is 0 Å². The third-order valence-corrected chi connectivity index (χ3v) is 6.19. The fraction of sp³-hybridized carbons (Fsp3) is 0.654. The molecule has 0 bridgehead atoms. The number of nitrogens with two attached hydrogens (primary N) is 1. The number of rotatable bonds is 17. The number of hydrogen-bond acceptors (Lipinski definition) is 5. The average molecular weight is 475 g/mol. The molecule has 1 fully saturated rings. The zero-order valence-corrected chi connectivity index (χ0v) is 20.9. The Bertz CT molecular complexity index is 769. The standard InChI is InChI=1S/C26H42N4O4/c1-3-4-5-6-7-8-9-13-24(31)28-21(12-10-11-18-27)19-29-20-25(32)30(26(29)33)22-14-16-23(34-2)17-15-22/h14-17,21H,3-13,18-20,27H2,1-2H3,(H,28,31). The largest absolute Gasteiger partial charge is 0.497 e. The van der Waals surface area contributed by atoms with Crippen molar-refractivity contribution in [3.8, 4) is 5.75 Å². The molecule has 8 heteroatoms. The zero-order chi connectivity index (χ0) is 24.8. The van der Waals surface area contributed by atoms with E-state index in [2.05, 4.69) is 12.2 Å². The van der Waals surface area contributed by atoms with Gasteiger partial charge in [0.2, 0.25) is 5.91 Å². The summed E-state index contributed by atoms with van der Waals surface area (Å²) in [6.45, 7) is 3.11. The van der Waals surface area contributed by atoms with E-state index in [-0.39, 0.29) is 30.4 Å². The van der Waals surface area contributed by atoms with E-state index >= 15 is 0 Å². The van der Waals surface area contributed by atoms with Gasteiger partial charge >= 0.3 is 6.03 Å². The van der Waals surface area contributed by atoms with Gasteiger partial charge in [-0.2, -0.15) is 0 Å². The fourth-order valence-corrected chi connectivity index (χ4v) is 4.23. The van der Waals surface area contributed by atoms with Crippen molar-refractivity contribution in [2.75, 3.05) is 31.6 Å². The highest BCUT2D eigenvalue weighted by Gasteiger charge is 2.38. The summed E-state index contributed by atoms with van der Waals surface area (Å²) >= 11 is 0. The summed E-state index contributed by atoms with van der Waals surface area (Å²) in [5.74, 6) is 0.393. The predicted octanol–water partition coefficient (Wildman–Crippen LogP) is 4.22. The van der Waals surface area contributed by atoms with Crippen LogP contribution in [-0.2, 0) is 9.59 Å². The van der Waals surface area contributed by atoms with Crippen molar-refractivity contribution in [3.63, 3.8) is 0 Å². The minimum absolute atomic E-state index is 0.00584. The van der Waals surface area contributed by atoms with Gasteiger partial charge in [-0.3, -0.25) is 9.59 Å². The maximum atomic E-state index is 13.0. The van der Waals surface area contributed by atoms with Crippen LogP contribution < -0.4 is 20.7 Å². The van der Waals surface area contributed by atoms with Crippen LogP contribution in [0.5, 0.6) is 5.75 Å². The van der Waals surface area contributed by atoms with Crippen LogP contribution in [0.1, 0.15) is 77.6 Å². The molecule has 8 nitrogen and oxygen atoms in total. The molecule has 4 amide bonds. The summed E-state index contributed by atoms with van der Waals surface area (Å²) in [6, 6.07) is 6.27. The summed E-state index contributed by atoms with van der Waals surface area (Å²) in [7, 11) is 1.57. The average Bonchev–Trinajstić information content (AvgIpc) is 3.11. The van der Waals surface area contributed by atoms with E-state index in [0.717, 1.165) is 32.1 Å². The van der Waals surface area contributed by atoms with Gasteiger partial charge in [0, 0.05) is 19.0 Å². The number of hydrogen-bond donors (Lipinski definition) is 2. The molecule has 190 valence electrons. The molecule has 1 aromatic rings. The van der Waals surface area contributed by atoms with Crippen LogP contribution in [0.2, 0.25) is 0 Å². The monoisotopic (exact) mass is 474 g/mol. The van der Waals surface area contributed by atoms with E-state index in [9.17, 15) is 14.4 Å². The minimum atomic E-state index is -0.361. The van der Waals surface area contributed by atoms with Gasteiger partial charge in [0.25, 0.3) is 5.91 Å². The number of imide groups is 1. The minimum Gasteiger partial charge on any atom is -0.497 e. The first-order valence-corrected chi connectivity index (χ1v) is 12.8. The molecule has 3 N–H and O–H groups in total. The molecule has 1 unspecified atom stereocenters. The van der Waals surface area contributed by atoms with Crippen molar-refractivity contribution in [3.05, 3.63) is 24.3 Å². The molecule has 1 aromatic carbocycles. The highest BCUT2D eigenvalue weighted by molar-refractivity contribution is 6.19. The molecule has 0 aromatic heterocycles. The van der Waals surface area contributed by atoms with Crippen LogP contribution in [0.25, 0.3) is 0 Å². The Morgan fingerprint density at radius 1 is 1.03 bits per heavy atom. The molecule has 1 aliphatic heterocycles. The lowest BCUT2D eigenvalue weighted by Gasteiger charge is -2.24. The van der Waals surface area contributed by atoms with Crippen LogP contribution in [-0.4, -0.2) is 55.5 Å². The molecule has 0 saturated carbocycles. The third kappa shape index (κ3) is 8.97. The molecule has 0 spiro atoms. The number of anilines is 1. The molecular weight excluding hydrogens is 432 g/mol. The summed E-state index contributed by atoms with van der Waals surface area (Å²) in [5.41, 5.74) is 6.15. The molecule has 1 atom stereocenters. The lowest BCUT2D eigenvalue weighted by Crippen LogP contribution is -2.45. The van der Waals surface area contributed by atoms with Crippen molar-refractivity contribution in [2.24, 2.45) is 5.73 Å². The van der Waals surface area contributed by atoms with Gasteiger partial charge < -0.3 is 20.7 Å². The van der Waals surface area contributed by atoms with Gasteiger partial charge in [-0.1, -0.05) is 51.9 Å². The van der Waals surface area contributed by atoms with Crippen molar-refractivity contribution >= 4 is 23.5 Å². The van der Waals surface area contributed by atoms with Gasteiger partial charge in [-0.25, -0.2) is 9.69 Å². The number of nitrogens with one attached hydrogen (secondary N) is 1. The van der Waals surface area contributed by atoms with Crippen molar-refractivity contribution in [1.82, 2.24) is 10.2 Å². The van der Waals surface area contributed by atoms with Crippen LogP contribution in [0.4, 0.5) is 10.5 Å². The highest BCUT2D eigenvalue weighted by atomic mass is 16.5. The summed E-state index contributed by atoms with van der Waals surface area (Å²) in [6.07, 6.45) is 11.0. The highest BCUT2D eigenvalue weighted by Crippen LogP contribution is 2.24. The number of urea groups is 1. The molecule has 0 aliphatic carbocycles. The molecule has 2 rings (SSSR count). The SMILES string of the molecule is CCCCCCCCCC(=O)NC(CCCCN)CN1CC(=O)N(c2ccc(OC)cc2)C1=O. The van der Waals surface area contributed by atoms with Gasteiger partial charge in [0.1, 0.15) is 12.3 Å². The number of nitrogens with zero attached hydrogens (tertiary/aromatic N) is 2. The number of methoxy groups -OCH3 is 1. The maximum absolute atomic E-state index is 13.0. The number of carbonyl (C=O) groups excluding carboxylic acids is 3. The summed E-state index contributed by atoms with van der Waals surface area (Å²) in [5, 5.41) is 3.10. The second-order valence-electron chi connectivity index (χ2n) is 9.01. The maximum Gasteiger partial charge on any atom is 0.331 e. The summed E-state index contributed by atoms with van der Waals surface area (Å²) in [4.78, 5) is 40.9. The Hall–Kier alpha value is -2.61. The van der Waals surface area contributed by atoms with Crippen molar-refractivity contribution in [2.45, 2.75) is 83.6 Å². The van der Waals surface area contributed by atoms with E-state index < -0.39 is 0 Å². The number of benzene rings is 1. The van der Waals surface area contributed by atoms with Crippen molar-refractivity contribution in [1.29, 1.82) is 0 Å². The van der Waals surface area contributed by atoms with Gasteiger partial charge in [0.15, 0.2) is 0 Å². The summed E-state index contributed by atoms with van der Waals surface area (Å²) < 4.78 is 5.15. The van der Waals surface area contributed by atoms with E-state index in [4.69, 9.17) is 10.5 Å². The molecule has 0 radical (unpaired) electrons. The molecule has 1 aliphatic rings. The molecular formula is C26H42N4O4. The Morgan fingerprint density at radius 2 is 1.71 bits per heavy atom. The van der Waals surface area contributed by atoms with Crippen LogP contribution in [0.15, 0.2) is 24.3 Å². The quantitative estimate of drug-likeness (QED) is 0.260. The Morgan fingerprint density at radius 3 is 2.35 bits per heavy atom. The van der Waals surface area contributed by atoms with Gasteiger partial charge in [0.05, 0.1) is 12.8 Å². The van der Waals surface area contributed by atoms with E-state index in [1.165, 1.54) is 41.9 Å². The predicted molar refractivity (Wildman–Crippen MR) is 135 cm³/mol. The topological polar surface area (TPSA) is 105 Å². The van der Waals surface area contributed by atoms with Crippen molar-refractivity contribution < 1.29 is 19.1 Å². The lowest BCUT2D eigenvalue weighted by atomic mass is 10.1. The smallest absolute Gasteiger partial charge is 0.331 e. The van der Waals surface area contributed by atoms with Gasteiger partial charge in [-0.15, -0.1) is 0 Å². The van der Waals surface area contributed by atoms with Crippen LogP contribution >= 0.6 is 0 Å². The number of unbranched alkanes of at least 4 members (excludes halogenated alkanes) is 7. The first-order valence-electron chi connectivity index (χ1n) is 12.8. The first-order chi connectivity index (χ1) is 16.5. The van der Waals surface area contributed by atoms with Gasteiger partial charge in [-0.05, 0) is 50.1 Å². The third-order valence-electron chi connectivity index (χ3n) is 6.19. The number of amides is 4. The first kappa shape index (κ1) is 27.6. The normalized spacial score (nSPS) is 14.6. The molecule has 1 saturated heterocycles. The fourth-order valence-electron chi connectivity index (χ4n) is 4.23. The molecule has 1 heterocycles. The van der Waals surface area contributed by atoms with Crippen LogP contribution in [0.3, 0.4) is 0 Å². The Labute approximate surface area is 204 Å². The van der Waals surface area contributed by atoms with E-state index in [1.807, 2.05) is 0 Å². The second-order valence-corrected chi connectivity index (χ2v) is 9.01.